The van der Waals surface area contributed by atoms with Gasteiger partial charge in [-0.1, -0.05) is 60.7 Å². The monoisotopic (exact) mass is 321 g/mol. The van der Waals surface area contributed by atoms with Gasteiger partial charge in [0, 0.05) is 0 Å². The van der Waals surface area contributed by atoms with E-state index in [0.717, 1.165) is 11.1 Å². The van der Waals surface area contributed by atoms with Crippen molar-refractivity contribution in [3.05, 3.63) is 95.3 Å². The molecule has 0 amide bonds. The first-order valence-corrected chi connectivity index (χ1v) is 7.83. The fraction of sp³-hybridized carbons (Fsp3) is 0. The van der Waals surface area contributed by atoms with Crippen LogP contribution in [0.1, 0.15) is 22.5 Å². The summed E-state index contributed by atoms with van der Waals surface area (Å²) >= 11 is 0. The van der Waals surface area contributed by atoms with Crippen LogP contribution < -0.4 is 0 Å². The molecule has 0 aliphatic rings. The SMILES string of the molecule is N#C/C(=C/c1ccccc1)c1ccc(/C(C#N)=C\c2ccccc2)[nH]1. The molecule has 0 fully saturated rings. The van der Waals surface area contributed by atoms with Crippen molar-refractivity contribution < 1.29 is 0 Å². The Morgan fingerprint density at radius 2 is 1.04 bits per heavy atom. The van der Waals surface area contributed by atoms with Crippen LogP contribution in [0.25, 0.3) is 23.3 Å². The lowest BCUT2D eigenvalue weighted by Crippen LogP contribution is -1.86. The molecule has 0 saturated heterocycles. The Labute approximate surface area is 146 Å². The predicted molar refractivity (Wildman–Crippen MR) is 101 cm³/mol. The van der Waals surface area contributed by atoms with Gasteiger partial charge in [0.2, 0.25) is 0 Å². The van der Waals surface area contributed by atoms with Crippen LogP contribution in [0.5, 0.6) is 0 Å². The summed E-state index contributed by atoms with van der Waals surface area (Å²) in [6.45, 7) is 0. The number of allylic oxidation sites excluding steroid dienone is 2. The van der Waals surface area contributed by atoms with Gasteiger partial charge in [-0.05, 0) is 35.4 Å². The van der Waals surface area contributed by atoms with Crippen LogP contribution in [0, 0.1) is 22.7 Å². The van der Waals surface area contributed by atoms with Crippen LogP contribution in [-0.2, 0) is 0 Å². The maximum absolute atomic E-state index is 9.46. The Hall–Kier alpha value is -3.82. The summed E-state index contributed by atoms with van der Waals surface area (Å²) in [7, 11) is 0. The van der Waals surface area contributed by atoms with Gasteiger partial charge < -0.3 is 4.98 Å². The van der Waals surface area contributed by atoms with E-state index in [1.165, 1.54) is 0 Å². The number of hydrogen-bond donors (Lipinski definition) is 1. The minimum atomic E-state index is 0.523. The second-order valence-corrected chi connectivity index (χ2v) is 5.45. The van der Waals surface area contributed by atoms with Crippen LogP contribution >= 0.6 is 0 Å². The van der Waals surface area contributed by atoms with Crippen molar-refractivity contribution in [1.29, 1.82) is 10.5 Å². The molecule has 118 valence electrons. The fourth-order valence-corrected chi connectivity index (χ4v) is 2.48. The molecule has 0 bridgehead atoms. The number of nitrogens with one attached hydrogen (secondary N) is 1. The first kappa shape index (κ1) is 16.1. The zero-order valence-electron chi connectivity index (χ0n) is 13.5. The van der Waals surface area contributed by atoms with E-state index < -0.39 is 0 Å². The molecule has 25 heavy (non-hydrogen) atoms. The Balaban J connectivity index is 1.94. The summed E-state index contributed by atoms with van der Waals surface area (Å²) in [6.07, 6.45) is 3.64. The molecule has 2 aromatic carbocycles. The predicted octanol–water partition coefficient (Wildman–Crippen LogP) is 5.14. The lowest BCUT2D eigenvalue weighted by Gasteiger charge is -1.99. The Morgan fingerprint density at radius 3 is 1.40 bits per heavy atom. The molecular formula is C22H15N3. The molecule has 0 aliphatic carbocycles. The van der Waals surface area contributed by atoms with Gasteiger partial charge in [-0.25, -0.2) is 0 Å². The van der Waals surface area contributed by atoms with Crippen LogP contribution in [0.15, 0.2) is 72.8 Å². The average Bonchev–Trinajstić information content (AvgIpc) is 3.15. The number of nitriles is 2. The van der Waals surface area contributed by atoms with Crippen molar-refractivity contribution >= 4 is 23.3 Å². The topological polar surface area (TPSA) is 63.4 Å². The Bertz CT molecular complexity index is 913. The standard InChI is InChI=1S/C22H15N3/c23-15-19(13-17-7-3-1-4-8-17)21-11-12-22(25-21)20(16-24)14-18-9-5-2-6-10-18/h1-14,25H/b19-13-,20-14-. The van der Waals surface area contributed by atoms with Gasteiger partial charge in [0.1, 0.15) is 12.1 Å². The van der Waals surface area contributed by atoms with Crippen molar-refractivity contribution in [2.75, 3.05) is 0 Å². The first-order valence-electron chi connectivity index (χ1n) is 7.83. The Kier molecular flexibility index (Phi) is 4.90. The van der Waals surface area contributed by atoms with E-state index in [0.29, 0.717) is 22.5 Å². The van der Waals surface area contributed by atoms with Gasteiger partial charge in [0.25, 0.3) is 0 Å². The number of aromatic amines is 1. The summed E-state index contributed by atoms with van der Waals surface area (Å²) in [6, 6.07) is 27.4. The highest BCUT2D eigenvalue weighted by molar-refractivity contribution is 5.92. The van der Waals surface area contributed by atoms with E-state index in [1.54, 1.807) is 0 Å². The van der Waals surface area contributed by atoms with Gasteiger partial charge in [-0.15, -0.1) is 0 Å². The third-order valence-corrected chi connectivity index (χ3v) is 3.73. The third kappa shape index (κ3) is 3.93. The maximum Gasteiger partial charge on any atom is 0.101 e. The number of H-pyrrole nitrogens is 1. The summed E-state index contributed by atoms with van der Waals surface area (Å²) in [5, 5.41) is 18.9. The zero-order valence-corrected chi connectivity index (χ0v) is 13.5. The normalized spacial score (nSPS) is 11.6. The van der Waals surface area contributed by atoms with Crippen molar-refractivity contribution in [2.45, 2.75) is 0 Å². The molecule has 3 nitrogen and oxygen atoms in total. The minimum absolute atomic E-state index is 0.523. The number of nitrogens with zero attached hydrogens (tertiary/aromatic N) is 2. The van der Waals surface area contributed by atoms with E-state index >= 15 is 0 Å². The van der Waals surface area contributed by atoms with Crippen molar-refractivity contribution in [3.8, 4) is 12.1 Å². The van der Waals surface area contributed by atoms with E-state index in [1.807, 2.05) is 84.9 Å². The molecule has 3 heteroatoms. The third-order valence-electron chi connectivity index (χ3n) is 3.73. The van der Waals surface area contributed by atoms with E-state index in [9.17, 15) is 10.5 Å². The summed E-state index contributed by atoms with van der Waals surface area (Å²) in [5.41, 5.74) is 4.33. The smallest absolute Gasteiger partial charge is 0.101 e. The molecule has 0 atom stereocenters. The van der Waals surface area contributed by atoms with Crippen LogP contribution in [0.3, 0.4) is 0 Å². The highest BCUT2D eigenvalue weighted by Crippen LogP contribution is 2.22. The summed E-state index contributed by atoms with van der Waals surface area (Å²) < 4.78 is 0. The molecule has 0 aliphatic heterocycles. The second kappa shape index (κ2) is 7.64. The highest BCUT2D eigenvalue weighted by Gasteiger charge is 2.08. The lowest BCUT2D eigenvalue weighted by atomic mass is 10.1. The van der Waals surface area contributed by atoms with Crippen LogP contribution in [0.4, 0.5) is 0 Å². The molecule has 0 radical (unpaired) electrons. The van der Waals surface area contributed by atoms with Gasteiger partial charge in [-0.3, -0.25) is 0 Å². The zero-order chi connectivity index (χ0) is 17.5. The average molecular weight is 321 g/mol. The minimum Gasteiger partial charge on any atom is -0.353 e. The molecular weight excluding hydrogens is 306 g/mol. The van der Waals surface area contributed by atoms with Crippen molar-refractivity contribution in [3.63, 3.8) is 0 Å². The first-order chi connectivity index (χ1) is 12.3. The van der Waals surface area contributed by atoms with Crippen molar-refractivity contribution in [1.82, 2.24) is 4.98 Å². The molecule has 0 saturated carbocycles. The number of benzene rings is 2. The number of hydrogen-bond acceptors (Lipinski definition) is 2. The summed E-state index contributed by atoms with van der Waals surface area (Å²) in [5.74, 6) is 0. The van der Waals surface area contributed by atoms with Crippen LogP contribution in [0.2, 0.25) is 0 Å². The maximum atomic E-state index is 9.46. The number of rotatable bonds is 4. The molecule has 0 spiro atoms. The van der Waals surface area contributed by atoms with Crippen LogP contribution in [-0.4, -0.2) is 4.98 Å². The molecule has 3 aromatic rings. The fourth-order valence-electron chi connectivity index (χ4n) is 2.48. The van der Waals surface area contributed by atoms with E-state index in [2.05, 4.69) is 17.1 Å². The molecule has 1 N–H and O–H groups in total. The van der Waals surface area contributed by atoms with Gasteiger partial charge in [0.05, 0.1) is 22.5 Å². The van der Waals surface area contributed by atoms with Crippen molar-refractivity contribution in [2.24, 2.45) is 0 Å². The lowest BCUT2D eigenvalue weighted by molar-refractivity contribution is 1.32. The van der Waals surface area contributed by atoms with Gasteiger partial charge >= 0.3 is 0 Å². The van der Waals surface area contributed by atoms with E-state index in [-0.39, 0.29) is 0 Å². The quantitative estimate of drug-likeness (QED) is 0.676. The summed E-state index contributed by atoms with van der Waals surface area (Å²) in [4.78, 5) is 3.17. The van der Waals surface area contributed by atoms with Gasteiger partial charge in [-0.2, -0.15) is 10.5 Å². The highest BCUT2D eigenvalue weighted by atomic mass is 14.7. The Morgan fingerprint density at radius 1 is 0.640 bits per heavy atom. The largest absolute Gasteiger partial charge is 0.353 e. The second-order valence-electron chi connectivity index (χ2n) is 5.45. The molecule has 3 rings (SSSR count). The number of aromatic nitrogens is 1. The van der Waals surface area contributed by atoms with Gasteiger partial charge in [0.15, 0.2) is 0 Å². The molecule has 1 heterocycles. The van der Waals surface area contributed by atoms with E-state index in [4.69, 9.17) is 0 Å². The molecule has 1 aromatic heterocycles. The molecule has 0 unspecified atom stereocenters.